The van der Waals surface area contributed by atoms with Crippen LogP contribution in [-0.4, -0.2) is 4.98 Å². The second-order valence-corrected chi connectivity index (χ2v) is 4.04. The fourth-order valence-electron chi connectivity index (χ4n) is 1.66. The Bertz CT molecular complexity index is 506. The number of aryl methyl sites for hydroxylation is 1. The molecule has 88 valence electrons. The highest BCUT2D eigenvalue weighted by molar-refractivity contribution is 5.42. The fraction of sp³-hybridized carbons (Fsp3) is 0.214. The van der Waals surface area contributed by atoms with Crippen molar-refractivity contribution in [1.82, 2.24) is 4.98 Å². The summed E-state index contributed by atoms with van der Waals surface area (Å²) in [6, 6.07) is 8.91. The predicted octanol–water partition coefficient (Wildman–Crippen LogP) is 2.96. The van der Waals surface area contributed by atoms with E-state index in [9.17, 15) is 4.39 Å². The Labute approximate surface area is 100 Å². The van der Waals surface area contributed by atoms with E-state index in [0.29, 0.717) is 6.42 Å². The van der Waals surface area contributed by atoms with E-state index in [4.69, 9.17) is 5.73 Å². The molecular weight excluding hydrogens is 215 g/mol. The number of hydrogen-bond acceptors (Lipinski definition) is 2. The van der Waals surface area contributed by atoms with Crippen molar-refractivity contribution in [3.63, 3.8) is 0 Å². The maximum absolute atomic E-state index is 13.3. The lowest BCUT2D eigenvalue weighted by Gasteiger charge is -2.04. The molecule has 0 aliphatic heterocycles. The van der Waals surface area contributed by atoms with E-state index in [1.54, 1.807) is 6.07 Å². The summed E-state index contributed by atoms with van der Waals surface area (Å²) in [4.78, 5) is 4.34. The minimum atomic E-state index is -0.368. The van der Waals surface area contributed by atoms with Gasteiger partial charge in [-0.25, -0.2) is 4.39 Å². The van der Waals surface area contributed by atoms with Crippen LogP contribution in [0.15, 0.2) is 36.5 Å². The van der Waals surface area contributed by atoms with Crippen molar-refractivity contribution in [2.24, 2.45) is 0 Å². The number of rotatable bonds is 3. The predicted molar refractivity (Wildman–Crippen MR) is 67.2 cm³/mol. The van der Waals surface area contributed by atoms with Gasteiger partial charge in [-0.3, -0.25) is 4.98 Å². The van der Waals surface area contributed by atoms with Crippen LogP contribution < -0.4 is 5.73 Å². The van der Waals surface area contributed by atoms with Gasteiger partial charge in [0.1, 0.15) is 5.82 Å². The first kappa shape index (κ1) is 11.6. The first-order valence-corrected chi connectivity index (χ1v) is 5.66. The summed E-state index contributed by atoms with van der Waals surface area (Å²) in [6.45, 7) is 2.09. The highest BCUT2D eigenvalue weighted by atomic mass is 19.1. The summed E-state index contributed by atoms with van der Waals surface area (Å²) >= 11 is 0. The molecule has 0 aliphatic carbocycles. The van der Waals surface area contributed by atoms with Crippen LogP contribution in [0.4, 0.5) is 10.1 Å². The van der Waals surface area contributed by atoms with E-state index < -0.39 is 0 Å². The number of halogens is 1. The smallest absolute Gasteiger partial charge is 0.146 e. The molecule has 0 radical (unpaired) electrons. The molecule has 17 heavy (non-hydrogen) atoms. The molecule has 1 heterocycles. The van der Waals surface area contributed by atoms with Crippen LogP contribution in [0.5, 0.6) is 0 Å². The van der Waals surface area contributed by atoms with Gasteiger partial charge in [0.2, 0.25) is 0 Å². The van der Waals surface area contributed by atoms with Crippen LogP contribution in [0.3, 0.4) is 0 Å². The zero-order valence-corrected chi connectivity index (χ0v) is 9.78. The zero-order chi connectivity index (χ0) is 12.3. The van der Waals surface area contributed by atoms with Crippen LogP contribution in [0.25, 0.3) is 0 Å². The SMILES string of the molecule is CCc1ccc(Cc2ccc(N)c(F)c2)nc1. The Morgan fingerprint density at radius 1 is 1.18 bits per heavy atom. The lowest BCUT2D eigenvalue weighted by molar-refractivity contribution is 0.630. The van der Waals surface area contributed by atoms with E-state index in [1.165, 1.54) is 11.6 Å². The average Bonchev–Trinajstić information content (AvgIpc) is 2.35. The summed E-state index contributed by atoms with van der Waals surface area (Å²) in [5.74, 6) is -0.368. The second kappa shape index (κ2) is 4.95. The van der Waals surface area contributed by atoms with Gasteiger partial charge in [0.25, 0.3) is 0 Å². The third kappa shape index (κ3) is 2.81. The third-order valence-corrected chi connectivity index (χ3v) is 2.74. The Morgan fingerprint density at radius 3 is 2.53 bits per heavy atom. The molecule has 0 bridgehead atoms. The van der Waals surface area contributed by atoms with Crippen molar-refractivity contribution >= 4 is 5.69 Å². The van der Waals surface area contributed by atoms with E-state index >= 15 is 0 Å². The molecule has 0 spiro atoms. The Morgan fingerprint density at radius 2 is 1.94 bits per heavy atom. The van der Waals surface area contributed by atoms with Gasteiger partial charge in [0, 0.05) is 18.3 Å². The summed E-state index contributed by atoms with van der Waals surface area (Å²) in [7, 11) is 0. The number of aromatic nitrogens is 1. The largest absolute Gasteiger partial charge is 0.396 e. The molecule has 2 aromatic rings. The zero-order valence-electron chi connectivity index (χ0n) is 9.78. The molecule has 0 aliphatic rings. The summed E-state index contributed by atoms with van der Waals surface area (Å²) in [6.07, 6.45) is 3.47. The van der Waals surface area contributed by atoms with Gasteiger partial charge in [-0.05, 0) is 35.7 Å². The highest BCUT2D eigenvalue weighted by Gasteiger charge is 2.02. The van der Waals surface area contributed by atoms with Gasteiger partial charge in [-0.15, -0.1) is 0 Å². The van der Waals surface area contributed by atoms with Crippen LogP contribution in [0, 0.1) is 5.82 Å². The molecule has 3 heteroatoms. The molecule has 2 rings (SSSR count). The van der Waals surface area contributed by atoms with Crippen molar-refractivity contribution in [3.05, 3.63) is 59.2 Å². The molecule has 1 aromatic heterocycles. The van der Waals surface area contributed by atoms with Crippen molar-refractivity contribution in [1.29, 1.82) is 0 Å². The minimum absolute atomic E-state index is 0.183. The molecule has 0 saturated heterocycles. The highest BCUT2D eigenvalue weighted by Crippen LogP contribution is 2.14. The van der Waals surface area contributed by atoms with Crippen LogP contribution in [-0.2, 0) is 12.8 Å². The van der Waals surface area contributed by atoms with E-state index in [0.717, 1.165) is 17.7 Å². The molecule has 1 aromatic carbocycles. The van der Waals surface area contributed by atoms with Gasteiger partial charge >= 0.3 is 0 Å². The van der Waals surface area contributed by atoms with Crippen LogP contribution in [0.2, 0.25) is 0 Å². The first-order valence-electron chi connectivity index (χ1n) is 5.66. The van der Waals surface area contributed by atoms with E-state index in [-0.39, 0.29) is 11.5 Å². The molecule has 2 nitrogen and oxygen atoms in total. The normalized spacial score (nSPS) is 10.5. The summed E-state index contributed by atoms with van der Waals surface area (Å²) in [5, 5.41) is 0. The van der Waals surface area contributed by atoms with Gasteiger partial charge in [-0.1, -0.05) is 19.1 Å². The van der Waals surface area contributed by atoms with Gasteiger partial charge in [0.05, 0.1) is 5.69 Å². The van der Waals surface area contributed by atoms with E-state index in [2.05, 4.69) is 18.0 Å². The number of nitrogens with two attached hydrogens (primary N) is 1. The fourth-order valence-corrected chi connectivity index (χ4v) is 1.66. The number of hydrogen-bond donors (Lipinski definition) is 1. The second-order valence-electron chi connectivity index (χ2n) is 4.04. The van der Waals surface area contributed by atoms with Crippen LogP contribution in [0.1, 0.15) is 23.7 Å². The van der Waals surface area contributed by atoms with Crippen LogP contribution >= 0.6 is 0 Å². The molecule has 0 unspecified atom stereocenters. The minimum Gasteiger partial charge on any atom is -0.396 e. The maximum atomic E-state index is 13.3. The van der Waals surface area contributed by atoms with Gasteiger partial charge in [0.15, 0.2) is 0 Å². The summed E-state index contributed by atoms with van der Waals surface area (Å²) < 4.78 is 13.3. The van der Waals surface area contributed by atoms with Crippen molar-refractivity contribution in [2.45, 2.75) is 19.8 Å². The van der Waals surface area contributed by atoms with Gasteiger partial charge < -0.3 is 5.73 Å². The van der Waals surface area contributed by atoms with E-state index in [1.807, 2.05) is 18.3 Å². The Kier molecular flexibility index (Phi) is 3.38. The molecular formula is C14H15FN2. The number of nitrogens with zero attached hydrogens (tertiary/aromatic N) is 1. The number of benzene rings is 1. The molecule has 2 N–H and O–H groups in total. The number of pyridine rings is 1. The van der Waals surface area contributed by atoms with Crippen molar-refractivity contribution < 1.29 is 4.39 Å². The lowest BCUT2D eigenvalue weighted by atomic mass is 10.1. The molecule has 0 saturated carbocycles. The van der Waals surface area contributed by atoms with Crippen molar-refractivity contribution in [3.8, 4) is 0 Å². The Hall–Kier alpha value is -1.90. The molecule has 0 fully saturated rings. The average molecular weight is 230 g/mol. The monoisotopic (exact) mass is 230 g/mol. The third-order valence-electron chi connectivity index (χ3n) is 2.74. The number of nitrogen functional groups attached to an aromatic ring is 1. The lowest BCUT2D eigenvalue weighted by Crippen LogP contribution is -1.96. The molecule has 0 atom stereocenters. The first-order chi connectivity index (χ1) is 8.19. The number of anilines is 1. The van der Waals surface area contributed by atoms with Gasteiger partial charge in [-0.2, -0.15) is 0 Å². The van der Waals surface area contributed by atoms with Crippen molar-refractivity contribution in [2.75, 3.05) is 5.73 Å². The quantitative estimate of drug-likeness (QED) is 0.823. The maximum Gasteiger partial charge on any atom is 0.146 e. The summed E-state index contributed by atoms with van der Waals surface area (Å²) in [5.41, 5.74) is 8.64. The molecule has 0 amide bonds. The Balaban J connectivity index is 2.16. The topological polar surface area (TPSA) is 38.9 Å². The standard InChI is InChI=1S/C14H15FN2/c1-2-10-3-5-12(17-9-10)7-11-4-6-14(16)13(15)8-11/h3-6,8-9H,2,7,16H2,1H3.